The largest absolute Gasteiger partial charge is 0.476 e. The molecule has 0 amide bonds. The molecule has 1 aliphatic rings. The predicted molar refractivity (Wildman–Crippen MR) is 135 cm³/mol. The highest BCUT2D eigenvalue weighted by atomic mass is 32.2. The summed E-state index contributed by atoms with van der Waals surface area (Å²) in [4.78, 5) is 26.2. The van der Waals surface area contributed by atoms with Gasteiger partial charge in [0.1, 0.15) is 5.75 Å². The average Bonchev–Trinajstić information content (AvgIpc) is 3.27. The van der Waals surface area contributed by atoms with Crippen LogP contribution >= 0.6 is 0 Å². The number of aromatic nitrogens is 1. The highest BCUT2D eigenvalue weighted by Crippen LogP contribution is 2.38. The fourth-order valence-electron chi connectivity index (χ4n) is 4.34. The number of hydrogen-bond acceptors (Lipinski definition) is 6. The number of fused-ring (bicyclic) bond motifs is 2. The summed E-state index contributed by atoms with van der Waals surface area (Å²) in [5.74, 6) is -0.788. The summed E-state index contributed by atoms with van der Waals surface area (Å²) in [5, 5.41) is 0.550. The Morgan fingerprint density at radius 2 is 1.67 bits per heavy atom. The molecule has 0 fully saturated rings. The summed E-state index contributed by atoms with van der Waals surface area (Å²) in [6.07, 6.45) is 0.257. The molecule has 1 aliphatic heterocycles. The molecular weight excluding hydrogens is 480 g/mol. The lowest BCUT2D eigenvalue weighted by molar-refractivity contribution is 0.0602. The lowest BCUT2D eigenvalue weighted by Crippen LogP contribution is -2.48. The van der Waals surface area contributed by atoms with E-state index in [1.165, 1.54) is 22.2 Å². The molecule has 184 valence electrons. The van der Waals surface area contributed by atoms with Crippen LogP contribution in [0.3, 0.4) is 0 Å². The Bertz CT molecular complexity index is 1610. The fourth-order valence-corrected chi connectivity index (χ4v) is 5.82. The number of carbonyl (C=O) groups is 2. The number of carbonyl (C=O) groups excluding carboxylic acids is 2. The standard InChI is InChI=1S/C27H24N2O6S/c1-17-8-11-19(12-9-17)36(32,33)29-16-25(35-24-14-18(2)10-13-23(24)29)26(30)28-15-21(27(31)34-3)20-6-4-5-7-22(20)28/h4-15,25H,16H2,1-3H3/t25-/m1/s1. The maximum absolute atomic E-state index is 13.8. The third-order valence-electron chi connectivity index (χ3n) is 6.22. The predicted octanol–water partition coefficient (Wildman–Crippen LogP) is 4.34. The van der Waals surface area contributed by atoms with Crippen molar-refractivity contribution in [1.82, 2.24) is 4.57 Å². The SMILES string of the molecule is COC(=O)c1cn(C(=O)[C@H]2CN(S(=O)(=O)c3ccc(C)cc3)c3ccc(C)cc3O2)c2ccccc12. The Morgan fingerprint density at radius 1 is 0.972 bits per heavy atom. The summed E-state index contributed by atoms with van der Waals surface area (Å²) in [6.45, 7) is 3.50. The van der Waals surface area contributed by atoms with Gasteiger partial charge < -0.3 is 9.47 Å². The molecule has 0 spiro atoms. The van der Waals surface area contributed by atoms with E-state index in [2.05, 4.69) is 0 Å². The first kappa shape index (κ1) is 23.6. The molecule has 0 aliphatic carbocycles. The summed E-state index contributed by atoms with van der Waals surface area (Å²) in [6, 6.07) is 18.7. The molecule has 0 N–H and O–H groups in total. The monoisotopic (exact) mass is 504 g/mol. The second-order valence-electron chi connectivity index (χ2n) is 8.69. The van der Waals surface area contributed by atoms with E-state index in [1.807, 2.05) is 13.8 Å². The number of para-hydroxylation sites is 1. The Hall–Kier alpha value is -4.11. The summed E-state index contributed by atoms with van der Waals surface area (Å²) < 4.78 is 40.9. The van der Waals surface area contributed by atoms with Gasteiger partial charge in [-0.25, -0.2) is 13.2 Å². The van der Waals surface area contributed by atoms with E-state index in [0.717, 1.165) is 11.1 Å². The number of anilines is 1. The van der Waals surface area contributed by atoms with Crippen LogP contribution in [-0.2, 0) is 14.8 Å². The molecule has 0 radical (unpaired) electrons. The number of ether oxygens (including phenoxy) is 2. The van der Waals surface area contributed by atoms with E-state index in [9.17, 15) is 18.0 Å². The van der Waals surface area contributed by atoms with E-state index in [0.29, 0.717) is 22.3 Å². The molecule has 8 nitrogen and oxygen atoms in total. The summed E-state index contributed by atoms with van der Waals surface area (Å²) in [7, 11) is -2.72. The normalized spacial score (nSPS) is 15.3. The molecule has 0 saturated carbocycles. The summed E-state index contributed by atoms with van der Waals surface area (Å²) in [5.41, 5.74) is 2.87. The number of sulfonamides is 1. The van der Waals surface area contributed by atoms with Gasteiger partial charge in [0.15, 0.2) is 6.10 Å². The molecule has 36 heavy (non-hydrogen) atoms. The van der Waals surface area contributed by atoms with Gasteiger partial charge in [-0.2, -0.15) is 0 Å². The van der Waals surface area contributed by atoms with Crippen molar-refractivity contribution in [3.8, 4) is 5.75 Å². The van der Waals surface area contributed by atoms with E-state index >= 15 is 0 Å². The molecule has 2 heterocycles. The molecular formula is C27H24N2O6S. The van der Waals surface area contributed by atoms with Gasteiger partial charge in [0, 0.05) is 11.6 Å². The van der Waals surface area contributed by atoms with Gasteiger partial charge in [0.05, 0.1) is 35.3 Å². The molecule has 4 aromatic rings. The van der Waals surface area contributed by atoms with Crippen molar-refractivity contribution in [3.05, 3.63) is 89.6 Å². The number of methoxy groups -OCH3 is 1. The number of nitrogens with zero attached hydrogens (tertiary/aromatic N) is 2. The first-order valence-corrected chi connectivity index (χ1v) is 12.7. The van der Waals surface area contributed by atoms with Crippen LogP contribution in [0.25, 0.3) is 10.9 Å². The average molecular weight is 505 g/mol. The third kappa shape index (κ3) is 3.91. The van der Waals surface area contributed by atoms with Crippen molar-refractivity contribution in [2.75, 3.05) is 18.0 Å². The van der Waals surface area contributed by atoms with Gasteiger partial charge in [0.2, 0.25) is 0 Å². The van der Waals surface area contributed by atoms with Crippen molar-refractivity contribution in [1.29, 1.82) is 0 Å². The van der Waals surface area contributed by atoms with Gasteiger partial charge in [-0.15, -0.1) is 0 Å². The minimum atomic E-state index is -3.99. The second kappa shape index (κ2) is 8.83. The van der Waals surface area contributed by atoms with Crippen LogP contribution in [0.1, 0.15) is 26.3 Å². The van der Waals surface area contributed by atoms with E-state index in [4.69, 9.17) is 9.47 Å². The molecule has 9 heteroatoms. The smallest absolute Gasteiger partial charge is 0.340 e. The molecule has 0 saturated heterocycles. The highest BCUT2D eigenvalue weighted by Gasteiger charge is 2.38. The highest BCUT2D eigenvalue weighted by molar-refractivity contribution is 7.92. The number of rotatable bonds is 4. The molecule has 0 bridgehead atoms. The van der Waals surface area contributed by atoms with Crippen LogP contribution in [-0.4, -0.2) is 44.6 Å². The Labute approximate surface area is 208 Å². The molecule has 3 aromatic carbocycles. The molecule has 1 aromatic heterocycles. The second-order valence-corrected chi connectivity index (χ2v) is 10.5. The van der Waals surface area contributed by atoms with Gasteiger partial charge in [-0.05, 0) is 49.7 Å². The van der Waals surface area contributed by atoms with Crippen molar-refractivity contribution in [3.63, 3.8) is 0 Å². The lowest BCUT2D eigenvalue weighted by Gasteiger charge is -2.35. The van der Waals surface area contributed by atoms with Gasteiger partial charge in [0.25, 0.3) is 15.9 Å². The van der Waals surface area contributed by atoms with Crippen LogP contribution in [0.5, 0.6) is 5.75 Å². The number of benzene rings is 3. The molecule has 1 atom stereocenters. The number of aryl methyl sites for hydroxylation is 2. The van der Waals surface area contributed by atoms with Crippen LogP contribution < -0.4 is 9.04 Å². The number of esters is 1. The van der Waals surface area contributed by atoms with E-state index in [1.54, 1.807) is 66.7 Å². The van der Waals surface area contributed by atoms with Crippen LogP contribution in [0.4, 0.5) is 5.69 Å². The zero-order chi connectivity index (χ0) is 25.6. The topological polar surface area (TPSA) is 94.9 Å². The Balaban J connectivity index is 1.60. The van der Waals surface area contributed by atoms with Crippen LogP contribution in [0.15, 0.2) is 77.8 Å². The Morgan fingerprint density at radius 3 is 2.39 bits per heavy atom. The maximum Gasteiger partial charge on any atom is 0.340 e. The maximum atomic E-state index is 13.8. The van der Waals surface area contributed by atoms with Crippen molar-refractivity contribution in [2.45, 2.75) is 24.8 Å². The molecule has 0 unspecified atom stereocenters. The fraction of sp³-hybridized carbons (Fsp3) is 0.185. The van der Waals surface area contributed by atoms with Crippen molar-refractivity contribution in [2.24, 2.45) is 0 Å². The van der Waals surface area contributed by atoms with Crippen LogP contribution in [0, 0.1) is 13.8 Å². The van der Waals surface area contributed by atoms with E-state index in [-0.39, 0.29) is 17.0 Å². The summed E-state index contributed by atoms with van der Waals surface area (Å²) >= 11 is 0. The quantitative estimate of drug-likeness (QED) is 0.384. The van der Waals surface area contributed by atoms with Gasteiger partial charge >= 0.3 is 5.97 Å². The zero-order valence-corrected chi connectivity index (χ0v) is 20.8. The van der Waals surface area contributed by atoms with Crippen LogP contribution in [0.2, 0.25) is 0 Å². The van der Waals surface area contributed by atoms with Crippen molar-refractivity contribution < 1.29 is 27.5 Å². The zero-order valence-electron chi connectivity index (χ0n) is 20.0. The molecule has 5 rings (SSSR count). The Kier molecular flexibility index (Phi) is 5.80. The number of hydrogen-bond donors (Lipinski definition) is 0. The van der Waals surface area contributed by atoms with Gasteiger partial charge in [-0.3, -0.25) is 13.7 Å². The minimum absolute atomic E-state index is 0.118. The van der Waals surface area contributed by atoms with E-state index < -0.39 is 28.0 Å². The van der Waals surface area contributed by atoms with Gasteiger partial charge in [-0.1, -0.05) is 42.0 Å². The van der Waals surface area contributed by atoms with Crippen molar-refractivity contribution >= 4 is 38.5 Å². The minimum Gasteiger partial charge on any atom is -0.476 e. The first-order valence-electron chi connectivity index (χ1n) is 11.3. The lowest BCUT2D eigenvalue weighted by atomic mass is 10.1. The third-order valence-corrected chi connectivity index (χ3v) is 8.02. The first-order chi connectivity index (χ1) is 17.2.